The van der Waals surface area contributed by atoms with Crippen molar-refractivity contribution in [3.05, 3.63) is 54.0 Å². The summed E-state index contributed by atoms with van der Waals surface area (Å²) in [5, 5.41) is 0. The molecule has 0 fully saturated rings. The Kier molecular flexibility index (Phi) is 3.67. The van der Waals surface area contributed by atoms with E-state index in [2.05, 4.69) is 28.1 Å². The van der Waals surface area contributed by atoms with Gasteiger partial charge in [-0.15, -0.1) is 0 Å². The summed E-state index contributed by atoms with van der Waals surface area (Å²) in [6.45, 7) is 2.67. The summed E-state index contributed by atoms with van der Waals surface area (Å²) in [6, 6.07) is 10.0. The van der Waals surface area contributed by atoms with Crippen LogP contribution < -0.4 is 4.74 Å². The second-order valence-corrected chi connectivity index (χ2v) is 4.34. The highest BCUT2D eigenvalue weighted by atomic mass is 79.9. The Morgan fingerprint density at radius 2 is 1.94 bits per heavy atom. The van der Waals surface area contributed by atoms with E-state index in [0.29, 0.717) is 6.61 Å². The summed E-state index contributed by atoms with van der Waals surface area (Å²) < 4.78 is 10.5. The van der Waals surface area contributed by atoms with Crippen molar-refractivity contribution in [1.29, 1.82) is 0 Å². The largest absolute Gasteiger partial charge is 0.494 e. The van der Waals surface area contributed by atoms with Crippen LogP contribution in [0.25, 0.3) is 0 Å². The zero-order valence-electron chi connectivity index (χ0n) is 9.02. The van der Waals surface area contributed by atoms with Gasteiger partial charge in [0.1, 0.15) is 5.75 Å². The molecule has 1 atom stereocenters. The molecule has 1 aromatic carbocycles. The molecule has 0 aliphatic rings. The van der Waals surface area contributed by atoms with Crippen LogP contribution in [0.15, 0.2) is 47.3 Å². The Balaban J connectivity index is 2.15. The lowest BCUT2D eigenvalue weighted by Crippen LogP contribution is -1.93. The van der Waals surface area contributed by atoms with Gasteiger partial charge in [0.2, 0.25) is 0 Å². The third-order valence-electron chi connectivity index (χ3n) is 2.32. The lowest BCUT2D eigenvalue weighted by molar-refractivity contribution is 0.340. The molecule has 0 aliphatic heterocycles. The van der Waals surface area contributed by atoms with E-state index in [1.165, 1.54) is 5.56 Å². The Morgan fingerprint density at radius 3 is 2.50 bits per heavy atom. The number of halogens is 1. The topological polar surface area (TPSA) is 22.4 Å². The van der Waals surface area contributed by atoms with Gasteiger partial charge in [0.25, 0.3) is 0 Å². The first-order valence-electron chi connectivity index (χ1n) is 5.20. The van der Waals surface area contributed by atoms with Crippen LogP contribution in [0.2, 0.25) is 0 Å². The Labute approximate surface area is 103 Å². The van der Waals surface area contributed by atoms with Gasteiger partial charge in [0, 0.05) is 5.56 Å². The molecule has 0 amide bonds. The van der Waals surface area contributed by atoms with E-state index >= 15 is 0 Å². The highest BCUT2D eigenvalue weighted by Gasteiger charge is 2.11. The van der Waals surface area contributed by atoms with Crippen molar-refractivity contribution in [2.24, 2.45) is 0 Å². The molecule has 2 rings (SSSR count). The summed E-state index contributed by atoms with van der Waals surface area (Å²) in [7, 11) is 0. The summed E-state index contributed by atoms with van der Waals surface area (Å²) >= 11 is 3.64. The van der Waals surface area contributed by atoms with Gasteiger partial charge < -0.3 is 9.15 Å². The molecular weight excluding hydrogens is 268 g/mol. The van der Waals surface area contributed by atoms with Gasteiger partial charge in [-0.05, 0) is 30.7 Å². The molecule has 0 N–H and O–H groups in total. The van der Waals surface area contributed by atoms with Gasteiger partial charge in [-0.2, -0.15) is 0 Å². The minimum absolute atomic E-state index is 0.168. The molecule has 1 heterocycles. The Hall–Kier alpha value is -1.22. The van der Waals surface area contributed by atoms with Crippen molar-refractivity contribution >= 4 is 15.9 Å². The van der Waals surface area contributed by atoms with Gasteiger partial charge in [-0.1, -0.05) is 28.1 Å². The van der Waals surface area contributed by atoms with Crippen molar-refractivity contribution in [3.8, 4) is 5.75 Å². The van der Waals surface area contributed by atoms with Crippen molar-refractivity contribution in [2.45, 2.75) is 11.8 Å². The third kappa shape index (κ3) is 2.47. The fourth-order valence-electron chi connectivity index (χ4n) is 1.51. The smallest absolute Gasteiger partial charge is 0.119 e. The molecular formula is C13H13BrO2. The van der Waals surface area contributed by atoms with Crippen LogP contribution in [-0.2, 0) is 0 Å². The molecule has 84 valence electrons. The van der Waals surface area contributed by atoms with E-state index in [1.807, 2.05) is 25.1 Å². The van der Waals surface area contributed by atoms with Crippen LogP contribution in [0.5, 0.6) is 5.75 Å². The quantitative estimate of drug-likeness (QED) is 0.785. The normalized spacial score (nSPS) is 12.4. The highest BCUT2D eigenvalue weighted by Crippen LogP contribution is 2.31. The maximum absolute atomic E-state index is 5.40. The minimum atomic E-state index is 0.168. The summed E-state index contributed by atoms with van der Waals surface area (Å²) in [6.07, 6.45) is 3.42. The monoisotopic (exact) mass is 280 g/mol. The minimum Gasteiger partial charge on any atom is -0.494 e. The van der Waals surface area contributed by atoms with Crippen LogP contribution in [0.3, 0.4) is 0 Å². The Bertz CT molecular complexity index is 420. The van der Waals surface area contributed by atoms with E-state index in [4.69, 9.17) is 9.15 Å². The Morgan fingerprint density at radius 1 is 1.19 bits per heavy atom. The summed E-state index contributed by atoms with van der Waals surface area (Å²) in [4.78, 5) is 0.168. The molecule has 2 nitrogen and oxygen atoms in total. The van der Waals surface area contributed by atoms with Gasteiger partial charge in [-0.25, -0.2) is 0 Å². The zero-order valence-corrected chi connectivity index (χ0v) is 10.6. The number of hydrogen-bond acceptors (Lipinski definition) is 2. The van der Waals surface area contributed by atoms with Gasteiger partial charge >= 0.3 is 0 Å². The SMILES string of the molecule is CCOc1ccc(C(Br)c2ccoc2)cc1. The molecule has 2 aromatic rings. The van der Waals surface area contributed by atoms with Crippen molar-refractivity contribution in [1.82, 2.24) is 0 Å². The summed E-state index contributed by atoms with van der Waals surface area (Å²) in [5.41, 5.74) is 2.30. The second kappa shape index (κ2) is 5.21. The van der Waals surface area contributed by atoms with E-state index in [-0.39, 0.29) is 4.83 Å². The van der Waals surface area contributed by atoms with Crippen LogP contribution in [0, 0.1) is 0 Å². The molecule has 3 heteroatoms. The number of rotatable bonds is 4. The van der Waals surface area contributed by atoms with Crippen LogP contribution in [0.4, 0.5) is 0 Å². The van der Waals surface area contributed by atoms with E-state index in [9.17, 15) is 0 Å². The third-order valence-corrected chi connectivity index (χ3v) is 3.38. The summed E-state index contributed by atoms with van der Waals surface area (Å²) in [5.74, 6) is 0.901. The fourth-order valence-corrected chi connectivity index (χ4v) is 2.08. The van der Waals surface area contributed by atoms with E-state index in [1.54, 1.807) is 12.5 Å². The number of hydrogen-bond donors (Lipinski definition) is 0. The molecule has 0 bridgehead atoms. The molecule has 1 aromatic heterocycles. The van der Waals surface area contributed by atoms with Crippen molar-refractivity contribution in [3.63, 3.8) is 0 Å². The van der Waals surface area contributed by atoms with Crippen LogP contribution in [0.1, 0.15) is 22.9 Å². The van der Waals surface area contributed by atoms with Crippen LogP contribution in [-0.4, -0.2) is 6.61 Å². The first-order chi connectivity index (χ1) is 7.81. The van der Waals surface area contributed by atoms with Gasteiger partial charge in [0.05, 0.1) is 24.0 Å². The van der Waals surface area contributed by atoms with E-state index < -0.39 is 0 Å². The molecule has 0 aliphatic carbocycles. The predicted octanol–water partition coefficient (Wildman–Crippen LogP) is 4.16. The highest BCUT2D eigenvalue weighted by molar-refractivity contribution is 9.09. The maximum Gasteiger partial charge on any atom is 0.119 e. The lowest BCUT2D eigenvalue weighted by Gasteiger charge is -2.09. The first kappa shape index (κ1) is 11.3. The van der Waals surface area contributed by atoms with Gasteiger partial charge in [-0.3, -0.25) is 0 Å². The second-order valence-electron chi connectivity index (χ2n) is 3.42. The predicted molar refractivity (Wildman–Crippen MR) is 67.1 cm³/mol. The van der Waals surface area contributed by atoms with E-state index in [0.717, 1.165) is 11.3 Å². The standard InChI is InChI=1S/C13H13BrO2/c1-2-16-12-5-3-10(4-6-12)13(14)11-7-8-15-9-11/h3-9,13H,2H2,1H3. The molecule has 1 unspecified atom stereocenters. The number of benzene rings is 1. The lowest BCUT2D eigenvalue weighted by atomic mass is 10.1. The average Bonchev–Trinajstić information content (AvgIpc) is 2.83. The maximum atomic E-state index is 5.40. The zero-order chi connectivity index (χ0) is 11.4. The molecule has 0 spiro atoms. The average molecular weight is 281 g/mol. The molecule has 0 radical (unpaired) electrons. The molecule has 16 heavy (non-hydrogen) atoms. The number of alkyl halides is 1. The van der Waals surface area contributed by atoms with Crippen molar-refractivity contribution < 1.29 is 9.15 Å². The first-order valence-corrected chi connectivity index (χ1v) is 6.11. The number of furan rings is 1. The van der Waals surface area contributed by atoms with Gasteiger partial charge in [0.15, 0.2) is 0 Å². The number of ether oxygens (including phenoxy) is 1. The van der Waals surface area contributed by atoms with Crippen molar-refractivity contribution in [2.75, 3.05) is 6.61 Å². The molecule has 0 saturated carbocycles. The van der Waals surface area contributed by atoms with Crippen LogP contribution >= 0.6 is 15.9 Å². The fraction of sp³-hybridized carbons (Fsp3) is 0.231. The molecule has 0 saturated heterocycles.